The van der Waals surface area contributed by atoms with Crippen molar-refractivity contribution < 1.29 is 14.3 Å². The van der Waals surface area contributed by atoms with Crippen LogP contribution in [0.3, 0.4) is 0 Å². The quantitative estimate of drug-likeness (QED) is 0.406. The molecule has 0 N–H and O–H groups in total. The average molecular weight is 445 g/mol. The van der Waals surface area contributed by atoms with E-state index in [-0.39, 0.29) is 23.4 Å². The number of hydrogen-bond acceptors (Lipinski definition) is 3. The number of fused-ring (bicyclic) bond motifs is 5. The molecule has 0 saturated heterocycles. The van der Waals surface area contributed by atoms with Crippen LogP contribution in [-0.2, 0) is 14.3 Å². The van der Waals surface area contributed by atoms with E-state index < -0.39 is 0 Å². The van der Waals surface area contributed by atoms with Crippen molar-refractivity contribution in [3.8, 4) is 0 Å². The van der Waals surface area contributed by atoms with E-state index in [0.717, 1.165) is 49.4 Å². The number of Topliss-reactive ketones (excluding diaryl/α,β-unsaturated/α-hetero) is 1. The molecule has 0 heterocycles. The highest BCUT2D eigenvalue weighted by Gasteiger charge is 2.62. The number of ether oxygens (including phenoxy) is 1. The van der Waals surface area contributed by atoms with Crippen LogP contribution in [0.1, 0.15) is 112 Å². The first kappa shape index (κ1) is 24.3. The van der Waals surface area contributed by atoms with Crippen LogP contribution in [-0.4, -0.2) is 17.9 Å². The first-order chi connectivity index (χ1) is 15.1. The lowest BCUT2D eigenvalue weighted by Gasteiger charge is -2.60. The Labute approximate surface area is 196 Å². The largest absolute Gasteiger partial charge is 0.463 e. The molecule has 4 aliphatic rings. The molecule has 4 aliphatic carbocycles. The summed E-state index contributed by atoms with van der Waals surface area (Å²) in [5, 5.41) is 0. The Morgan fingerprint density at radius 3 is 2.38 bits per heavy atom. The SMILES string of the molecule is CC(=O)O[C@H]1CC[C@@]2(C)[C@H](C1)C(=O)C[C@H]1[C@H]2CC[C@]2(C)[C@@H]([C@@H](C)CCCC(C)C)CC[C@@H]12. The predicted molar refractivity (Wildman–Crippen MR) is 129 cm³/mol. The molecule has 4 saturated carbocycles. The summed E-state index contributed by atoms with van der Waals surface area (Å²) >= 11 is 0. The normalized spacial score (nSPS) is 44.5. The Kier molecular flexibility index (Phi) is 6.87. The highest BCUT2D eigenvalue weighted by Crippen LogP contribution is 2.68. The fraction of sp³-hybridized carbons (Fsp3) is 0.931. The van der Waals surface area contributed by atoms with E-state index >= 15 is 0 Å². The number of rotatable bonds is 6. The van der Waals surface area contributed by atoms with E-state index in [2.05, 4.69) is 34.6 Å². The van der Waals surface area contributed by atoms with Gasteiger partial charge < -0.3 is 4.74 Å². The highest BCUT2D eigenvalue weighted by molar-refractivity contribution is 5.83. The zero-order valence-electron chi connectivity index (χ0n) is 21.6. The molecule has 0 aromatic rings. The minimum Gasteiger partial charge on any atom is -0.463 e. The number of ketones is 1. The molecular weight excluding hydrogens is 396 g/mol. The van der Waals surface area contributed by atoms with Crippen LogP contribution >= 0.6 is 0 Å². The lowest BCUT2D eigenvalue weighted by molar-refractivity contribution is -0.169. The van der Waals surface area contributed by atoms with E-state index in [1.807, 2.05) is 0 Å². The van der Waals surface area contributed by atoms with Gasteiger partial charge in [0.25, 0.3) is 0 Å². The van der Waals surface area contributed by atoms with E-state index in [0.29, 0.717) is 23.0 Å². The second-order valence-electron chi connectivity index (χ2n) is 13.1. The van der Waals surface area contributed by atoms with Crippen LogP contribution in [0.25, 0.3) is 0 Å². The Hall–Kier alpha value is -0.860. The Bertz CT molecular complexity index is 713. The molecule has 4 rings (SSSR count). The van der Waals surface area contributed by atoms with Crippen molar-refractivity contribution in [2.24, 2.45) is 52.3 Å². The van der Waals surface area contributed by atoms with E-state index in [1.54, 1.807) is 0 Å². The molecular formula is C29H48O3. The third-order valence-corrected chi connectivity index (χ3v) is 10.9. The van der Waals surface area contributed by atoms with E-state index in [4.69, 9.17) is 4.74 Å². The van der Waals surface area contributed by atoms with Gasteiger partial charge in [0.1, 0.15) is 11.9 Å². The zero-order chi connectivity index (χ0) is 23.3. The summed E-state index contributed by atoms with van der Waals surface area (Å²) in [5.41, 5.74) is 0.537. The predicted octanol–water partition coefficient (Wildman–Crippen LogP) is 7.22. The molecule has 0 radical (unpaired) electrons. The van der Waals surface area contributed by atoms with Gasteiger partial charge in [-0.25, -0.2) is 0 Å². The van der Waals surface area contributed by atoms with Gasteiger partial charge in [0, 0.05) is 19.3 Å². The maximum Gasteiger partial charge on any atom is 0.302 e. The first-order valence-corrected chi connectivity index (χ1v) is 13.8. The summed E-state index contributed by atoms with van der Waals surface area (Å²) < 4.78 is 5.55. The van der Waals surface area contributed by atoms with Gasteiger partial charge in [0.15, 0.2) is 0 Å². The molecule has 0 spiro atoms. The molecule has 9 atom stereocenters. The average Bonchev–Trinajstić information content (AvgIpc) is 3.06. The molecule has 0 aliphatic heterocycles. The van der Waals surface area contributed by atoms with Crippen molar-refractivity contribution in [3.05, 3.63) is 0 Å². The molecule has 0 aromatic carbocycles. The van der Waals surface area contributed by atoms with Crippen molar-refractivity contribution in [1.82, 2.24) is 0 Å². The zero-order valence-corrected chi connectivity index (χ0v) is 21.6. The van der Waals surface area contributed by atoms with Crippen LogP contribution in [0.2, 0.25) is 0 Å². The second kappa shape index (κ2) is 9.06. The van der Waals surface area contributed by atoms with Gasteiger partial charge in [-0.2, -0.15) is 0 Å². The van der Waals surface area contributed by atoms with Gasteiger partial charge >= 0.3 is 5.97 Å². The van der Waals surface area contributed by atoms with Crippen LogP contribution in [0.15, 0.2) is 0 Å². The van der Waals surface area contributed by atoms with E-state index in [9.17, 15) is 9.59 Å². The number of carbonyl (C=O) groups excluding carboxylic acids is 2. The molecule has 3 nitrogen and oxygen atoms in total. The van der Waals surface area contributed by atoms with Crippen molar-refractivity contribution in [2.75, 3.05) is 0 Å². The van der Waals surface area contributed by atoms with E-state index in [1.165, 1.54) is 51.9 Å². The topological polar surface area (TPSA) is 43.4 Å². The smallest absolute Gasteiger partial charge is 0.302 e. The summed E-state index contributed by atoms with van der Waals surface area (Å²) in [4.78, 5) is 25.0. The van der Waals surface area contributed by atoms with Crippen LogP contribution in [0.5, 0.6) is 0 Å². The van der Waals surface area contributed by atoms with Crippen molar-refractivity contribution >= 4 is 11.8 Å². The molecule has 4 fully saturated rings. The lowest BCUT2D eigenvalue weighted by atomic mass is 9.44. The fourth-order valence-electron chi connectivity index (χ4n) is 9.37. The lowest BCUT2D eigenvalue weighted by Crippen LogP contribution is -2.57. The standard InChI is InChI=1S/C29H48O3/c1-18(2)8-7-9-19(3)23-10-11-24-22-17-27(31)26-16-21(32-20(4)30)12-14-29(26,6)25(22)13-15-28(23,24)5/h18-19,21-26H,7-17H2,1-6H3/t19-,21-,22+,23+,24-,25+,26+,28+,29+/m0/s1. The third-order valence-electron chi connectivity index (χ3n) is 10.9. The second-order valence-corrected chi connectivity index (χ2v) is 13.1. The van der Waals surface area contributed by atoms with Crippen molar-refractivity contribution in [2.45, 2.75) is 118 Å². The maximum atomic E-state index is 13.5. The highest BCUT2D eigenvalue weighted by atomic mass is 16.5. The summed E-state index contributed by atoms with van der Waals surface area (Å²) in [6.45, 7) is 13.7. The van der Waals surface area contributed by atoms with Crippen LogP contribution in [0, 0.1) is 52.3 Å². The number of hydrogen-bond donors (Lipinski definition) is 0. The Balaban J connectivity index is 1.48. The fourth-order valence-corrected chi connectivity index (χ4v) is 9.37. The minimum absolute atomic E-state index is 0.0533. The van der Waals surface area contributed by atoms with Crippen LogP contribution < -0.4 is 0 Å². The molecule has 0 unspecified atom stereocenters. The molecule has 0 amide bonds. The monoisotopic (exact) mass is 444 g/mol. The van der Waals surface area contributed by atoms with Gasteiger partial charge in [0.05, 0.1) is 0 Å². The minimum atomic E-state index is -0.201. The first-order valence-electron chi connectivity index (χ1n) is 13.8. The Morgan fingerprint density at radius 1 is 1.00 bits per heavy atom. The van der Waals surface area contributed by atoms with Gasteiger partial charge in [-0.15, -0.1) is 0 Å². The van der Waals surface area contributed by atoms with Crippen LogP contribution in [0.4, 0.5) is 0 Å². The molecule has 0 bridgehead atoms. The molecule has 0 aromatic heterocycles. The number of esters is 1. The van der Waals surface area contributed by atoms with Gasteiger partial charge in [-0.1, -0.05) is 53.9 Å². The summed E-state index contributed by atoms with van der Waals surface area (Å²) in [6.07, 6.45) is 12.9. The Morgan fingerprint density at radius 2 is 1.69 bits per heavy atom. The summed E-state index contributed by atoms with van der Waals surface area (Å²) in [5.74, 6) is 4.81. The molecule has 182 valence electrons. The summed E-state index contributed by atoms with van der Waals surface area (Å²) in [7, 11) is 0. The van der Waals surface area contributed by atoms with Gasteiger partial charge in [-0.05, 0) is 91.3 Å². The molecule has 3 heteroatoms. The third kappa shape index (κ3) is 4.20. The maximum absolute atomic E-state index is 13.5. The molecule has 32 heavy (non-hydrogen) atoms. The summed E-state index contributed by atoms with van der Waals surface area (Å²) in [6, 6.07) is 0. The van der Waals surface area contributed by atoms with Gasteiger partial charge in [-0.3, -0.25) is 9.59 Å². The van der Waals surface area contributed by atoms with Crippen molar-refractivity contribution in [1.29, 1.82) is 0 Å². The number of carbonyl (C=O) groups is 2. The van der Waals surface area contributed by atoms with Gasteiger partial charge in [0.2, 0.25) is 0 Å². The van der Waals surface area contributed by atoms with Crippen molar-refractivity contribution in [3.63, 3.8) is 0 Å².